The van der Waals surface area contributed by atoms with E-state index in [1.54, 1.807) is 0 Å². The highest BCUT2D eigenvalue weighted by Crippen LogP contribution is 2.12. The summed E-state index contributed by atoms with van der Waals surface area (Å²) < 4.78 is 0. The van der Waals surface area contributed by atoms with Gasteiger partial charge in [0.15, 0.2) is 0 Å². The van der Waals surface area contributed by atoms with Crippen LogP contribution < -0.4 is 5.32 Å². The van der Waals surface area contributed by atoms with E-state index in [0.29, 0.717) is 12.8 Å². The number of carbonyl (C=O) groups excluding carboxylic acids is 2. The summed E-state index contributed by atoms with van der Waals surface area (Å²) in [6.45, 7) is 1.87. The number of rotatable bonds is 5. The zero-order valence-corrected chi connectivity index (χ0v) is 9.40. The molecule has 0 aromatic rings. The summed E-state index contributed by atoms with van der Waals surface area (Å²) in [5.74, 6) is -1.62. The average molecular weight is 228 g/mol. The van der Waals surface area contributed by atoms with Crippen LogP contribution >= 0.6 is 0 Å². The van der Waals surface area contributed by atoms with Crippen molar-refractivity contribution in [3.05, 3.63) is 0 Å². The lowest BCUT2D eigenvalue weighted by atomic mass is 10.1. The number of likely N-dealkylation sites (tertiary alicyclic amines) is 1. The Kier molecular flexibility index (Phi) is 4.00. The third kappa shape index (κ3) is 2.57. The minimum Gasteiger partial charge on any atom is -0.480 e. The number of nitrogens with one attached hydrogen (secondary N) is 1. The molecule has 0 saturated carbocycles. The van der Waals surface area contributed by atoms with Gasteiger partial charge in [-0.2, -0.15) is 0 Å². The fourth-order valence-corrected chi connectivity index (χ4v) is 1.70. The number of nitrogens with zero attached hydrogens (tertiary/aromatic N) is 1. The van der Waals surface area contributed by atoms with E-state index in [-0.39, 0.29) is 18.2 Å². The molecule has 90 valence electrons. The van der Waals surface area contributed by atoms with Crippen molar-refractivity contribution in [1.82, 2.24) is 10.2 Å². The molecule has 0 aromatic carbocycles. The second-order valence-corrected chi connectivity index (χ2v) is 3.89. The summed E-state index contributed by atoms with van der Waals surface area (Å²) >= 11 is 0. The molecule has 1 aliphatic heterocycles. The van der Waals surface area contributed by atoms with Gasteiger partial charge in [-0.05, 0) is 6.42 Å². The predicted octanol–water partition coefficient (Wildman–Crippen LogP) is -0.413. The van der Waals surface area contributed by atoms with Crippen LogP contribution in [0.4, 0.5) is 0 Å². The Morgan fingerprint density at radius 3 is 2.62 bits per heavy atom. The smallest absolute Gasteiger partial charge is 0.320 e. The first-order valence-electron chi connectivity index (χ1n) is 5.26. The quantitative estimate of drug-likeness (QED) is 0.624. The Morgan fingerprint density at radius 2 is 2.25 bits per heavy atom. The highest BCUT2D eigenvalue weighted by molar-refractivity contribution is 6.05. The topological polar surface area (TPSA) is 86.7 Å². The Bertz CT molecular complexity index is 316. The minimum atomic E-state index is -0.989. The van der Waals surface area contributed by atoms with Crippen LogP contribution in [0.25, 0.3) is 0 Å². The van der Waals surface area contributed by atoms with E-state index in [1.807, 2.05) is 6.92 Å². The predicted molar refractivity (Wildman–Crippen MR) is 55.6 cm³/mol. The molecule has 0 aliphatic carbocycles. The zero-order chi connectivity index (χ0) is 12.3. The van der Waals surface area contributed by atoms with Gasteiger partial charge in [0.1, 0.15) is 6.04 Å². The number of carbonyl (C=O) groups is 3. The van der Waals surface area contributed by atoms with Gasteiger partial charge in [0, 0.05) is 7.05 Å². The number of imide groups is 1. The molecule has 1 saturated heterocycles. The Hall–Kier alpha value is -1.43. The molecule has 6 heteroatoms. The highest BCUT2D eigenvalue weighted by Gasteiger charge is 2.37. The van der Waals surface area contributed by atoms with E-state index in [2.05, 4.69) is 5.32 Å². The standard InChI is InChI=1S/C10H16N2O4/c1-3-4-6(10(15)16)11-7-5-8(13)12(2)9(7)14/h6-7,11H,3-5H2,1-2H3,(H,15,16). The Balaban J connectivity index is 2.62. The zero-order valence-electron chi connectivity index (χ0n) is 9.40. The average Bonchev–Trinajstić information content (AvgIpc) is 2.45. The van der Waals surface area contributed by atoms with Gasteiger partial charge in [-0.3, -0.25) is 24.6 Å². The number of amides is 2. The van der Waals surface area contributed by atoms with Gasteiger partial charge in [0.25, 0.3) is 0 Å². The maximum absolute atomic E-state index is 11.5. The molecule has 1 aliphatic rings. The van der Waals surface area contributed by atoms with Gasteiger partial charge in [0.2, 0.25) is 11.8 Å². The number of carboxylic acids is 1. The van der Waals surface area contributed by atoms with Gasteiger partial charge in [-0.1, -0.05) is 13.3 Å². The first-order valence-corrected chi connectivity index (χ1v) is 5.26. The largest absolute Gasteiger partial charge is 0.480 e. The van der Waals surface area contributed by atoms with E-state index < -0.39 is 18.1 Å². The van der Waals surface area contributed by atoms with E-state index >= 15 is 0 Å². The number of hydrogen-bond donors (Lipinski definition) is 2. The first kappa shape index (κ1) is 12.6. The van der Waals surface area contributed by atoms with Crippen LogP contribution in [-0.4, -0.2) is 46.9 Å². The number of likely N-dealkylation sites (N-methyl/N-ethyl adjacent to an activating group) is 1. The summed E-state index contributed by atoms with van der Waals surface area (Å²) in [5.41, 5.74) is 0. The SMILES string of the molecule is CCCC(NC1CC(=O)N(C)C1=O)C(=O)O. The normalized spacial score (nSPS) is 22.6. The summed E-state index contributed by atoms with van der Waals surface area (Å²) in [5, 5.41) is 11.6. The van der Waals surface area contributed by atoms with Crippen LogP contribution in [0.2, 0.25) is 0 Å². The van der Waals surface area contributed by atoms with Gasteiger partial charge in [0.05, 0.1) is 12.5 Å². The summed E-state index contributed by atoms with van der Waals surface area (Å²) in [7, 11) is 1.40. The van der Waals surface area contributed by atoms with Crippen LogP contribution in [0.3, 0.4) is 0 Å². The van der Waals surface area contributed by atoms with Crippen LogP contribution in [-0.2, 0) is 14.4 Å². The van der Waals surface area contributed by atoms with Crippen molar-refractivity contribution < 1.29 is 19.5 Å². The second-order valence-electron chi connectivity index (χ2n) is 3.89. The molecule has 2 N–H and O–H groups in total. The van der Waals surface area contributed by atoms with Crippen LogP contribution in [0, 0.1) is 0 Å². The third-order valence-corrected chi connectivity index (χ3v) is 2.66. The molecule has 1 fully saturated rings. The number of carboxylic acid groups (broad SMARTS) is 1. The number of aliphatic carboxylic acids is 1. The Labute approximate surface area is 93.6 Å². The molecule has 1 heterocycles. The van der Waals surface area contributed by atoms with Gasteiger partial charge < -0.3 is 5.11 Å². The van der Waals surface area contributed by atoms with Crippen molar-refractivity contribution >= 4 is 17.8 Å². The number of hydrogen-bond acceptors (Lipinski definition) is 4. The maximum atomic E-state index is 11.5. The molecular formula is C10H16N2O4. The fraction of sp³-hybridized carbons (Fsp3) is 0.700. The van der Waals surface area contributed by atoms with Crippen molar-refractivity contribution in [3.63, 3.8) is 0 Å². The Morgan fingerprint density at radius 1 is 1.62 bits per heavy atom. The second kappa shape index (κ2) is 5.07. The lowest BCUT2D eigenvalue weighted by molar-refractivity contribution is -0.140. The molecule has 0 radical (unpaired) electrons. The fourth-order valence-electron chi connectivity index (χ4n) is 1.70. The molecule has 6 nitrogen and oxygen atoms in total. The van der Waals surface area contributed by atoms with Crippen LogP contribution in [0.1, 0.15) is 26.2 Å². The van der Waals surface area contributed by atoms with Gasteiger partial charge >= 0.3 is 5.97 Å². The summed E-state index contributed by atoms with van der Waals surface area (Å²) in [4.78, 5) is 34.7. The molecule has 2 unspecified atom stereocenters. The molecule has 0 bridgehead atoms. The molecule has 2 atom stereocenters. The van der Waals surface area contributed by atoms with Crippen LogP contribution in [0.15, 0.2) is 0 Å². The van der Waals surface area contributed by atoms with E-state index in [0.717, 1.165) is 4.90 Å². The summed E-state index contributed by atoms with van der Waals surface area (Å²) in [6, 6.07) is -1.46. The van der Waals surface area contributed by atoms with Crippen molar-refractivity contribution in [1.29, 1.82) is 0 Å². The third-order valence-electron chi connectivity index (χ3n) is 2.66. The molecule has 0 spiro atoms. The van der Waals surface area contributed by atoms with Crippen molar-refractivity contribution in [2.45, 2.75) is 38.3 Å². The molecule has 0 aromatic heterocycles. The molecule has 1 rings (SSSR count). The monoisotopic (exact) mass is 228 g/mol. The van der Waals surface area contributed by atoms with Crippen molar-refractivity contribution in [2.75, 3.05) is 7.05 Å². The maximum Gasteiger partial charge on any atom is 0.320 e. The molecule has 16 heavy (non-hydrogen) atoms. The van der Waals surface area contributed by atoms with E-state index in [4.69, 9.17) is 5.11 Å². The lowest BCUT2D eigenvalue weighted by Gasteiger charge is -2.17. The van der Waals surface area contributed by atoms with Crippen molar-refractivity contribution in [2.24, 2.45) is 0 Å². The summed E-state index contributed by atoms with van der Waals surface area (Å²) in [6.07, 6.45) is 1.19. The molecule has 2 amide bonds. The highest BCUT2D eigenvalue weighted by atomic mass is 16.4. The lowest BCUT2D eigenvalue weighted by Crippen LogP contribution is -2.46. The molecular weight excluding hydrogens is 212 g/mol. The first-order chi connectivity index (χ1) is 7.47. The minimum absolute atomic E-state index is 0.0445. The van der Waals surface area contributed by atoms with E-state index in [9.17, 15) is 14.4 Å². The van der Waals surface area contributed by atoms with Gasteiger partial charge in [-0.15, -0.1) is 0 Å². The van der Waals surface area contributed by atoms with Crippen LogP contribution in [0.5, 0.6) is 0 Å². The van der Waals surface area contributed by atoms with Gasteiger partial charge in [-0.25, -0.2) is 0 Å². The van der Waals surface area contributed by atoms with Crippen molar-refractivity contribution in [3.8, 4) is 0 Å². The van der Waals surface area contributed by atoms with E-state index in [1.165, 1.54) is 7.05 Å².